The molecular weight excluding hydrogens is 170 g/mol. The van der Waals surface area contributed by atoms with Gasteiger partial charge in [-0.15, -0.1) is 0 Å². The Morgan fingerprint density at radius 3 is 2.54 bits per heavy atom. The van der Waals surface area contributed by atoms with Crippen molar-refractivity contribution in [2.24, 2.45) is 5.41 Å². The fourth-order valence-corrected chi connectivity index (χ4v) is 1.59. The molecule has 0 aromatic carbocycles. The first-order valence-corrected chi connectivity index (χ1v) is 4.69. The fourth-order valence-electron chi connectivity index (χ4n) is 1.59. The summed E-state index contributed by atoms with van der Waals surface area (Å²) >= 11 is 0. The first-order chi connectivity index (χ1) is 5.98. The summed E-state index contributed by atoms with van der Waals surface area (Å²) < 4.78 is 0. The molecule has 4 N–H and O–H groups in total. The maximum Gasteiger partial charge on any atom is 0.0895 e. The van der Waals surface area contributed by atoms with Crippen LogP contribution >= 0.6 is 0 Å². The molecule has 4 nitrogen and oxygen atoms in total. The monoisotopic (exact) mass is 189 g/mol. The van der Waals surface area contributed by atoms with Crippen LogP contribution in [0.5, 0.6) is 0 Å². The van der Waals surface area contributed by atoms with Crippen molar-refractivity contribution >= 4 is 0 Å². The normalized spacial score (nSPS) is 33.9. The zero-order valence-electron chi connectivity index (χ0n) is 8.20. The average molecular weight is 189 g/mol. The summed E-state index contributed by atoms with van der Waals surface area (Å²) in [6.45, 7) is 4.15. The molecule has 0 radical (unpaired) electrons. The molecule has 0 heterocycles. The standard InChI is InChI=1S/C9H19NO3/c1-9(2)7(3-8(9)13)10-4-6(12)5-11/h6-8,10-13H,3-5H2,1-2H3/t6-,7?,8?/m0/s1. The van der Waals surface area contributed by atoms with Crippen molar-refractivity contribution in [3.63, 3.8) is 0 Å². The predicted molar refractivity (Wildman–Crippen MR) is 49.3 cm³/mol. The summed E-state index contributed by atoms with van der Waals surface area (Å²) in [6, 6.07) is 0.240. The Hall–Kier alpha value is -0.160. The van der Waals surface area contributed by atoms with E-state index in [1.165, 1.54) is 0 Å². The van der Waals surface area contributed by atoms with Crippen LogP contribution in [0.1, 0.15) is 20.3 Å². The van der Waals surface area contributed by atoms with E-state index in [2.05, 4.69) is 5.32 Å². The molecule has 0 amide bonds. The van der Waals surface area contributed by atoms with Crippen LogP contribution in [0.3, 0.4) is 0 Å². The first-order valence-electron chi connectivity index (χ1n) is 4.69. The van der Waals surface area contributed by atoms with Crippen molar-refractivity contribution in [2.45, 2.75) is 38.5 Å². The number of hydrogen-bond donors (Lipinski definition) is 4. The lowest BCUT2D eigenvalue weighted by Gasteiger charge is -2.49. The first kappa shape index (κ1) is 10.9. The van der Waals surface area contributed by atoms with Crippen LogP contribution in [-0.2, 0) is 0 Å². The molecule has 2 unspecified atom stereocenters. The van der Waals surface area contributed by atoms with E-state index in [4.69, 9.17) is 10.2 Å². The second-order valence-electron chi connectivity index (χ2n) is 4.37. The maximum atomic E-state index is 9.42. The van der Waals surface area contributed by atoms with Gasteiger partial charge in [-0.05, 0) is 6.42 Å². The molecule has 13 heavy (non-hydrogen) atoms. The van der Waals surface area contributed by atoms with E-state index in [9.17, 15) is 5.11 Å². The molecule has 1 saturated carbocycles. The molecule has 0 bridgehead atoms. The van der Waals surface area contributed by atoms with Crippen LogP contribution < -0.4 is 5.32 Å². The Morgan fingerprint density at radius 1 is 1.54 bits per heavy atom. The lowest BCUT2D eigenvalue weighted by atomic mass is 9.64. The Bertz CT molecular complexity index is 172. The number of rotatable bonds is 4. The van der Waals surface area contributed by atoms with Crippen LogP contribution in [0.15, 0.2) is 0 Å². The van der Waals surface area contributed by atoms with Crippen molar-refractivity contribution in [3.05, 3.63) is 0 Å². The third-order valence-electron chi connectivity index (χ3n) is 3.03. The minimum Gasteiger partial charge on any atom is -0.394 e. The van der Waals surface area contributed by atoms with Gasteiger partial charge in [-0.25, -0.2) is 0 Å². The third-order valence-corrected chi connectivity index (χ3v) is 3.03. The highest BCUT2D eigenvalue weighted by molar-refractivity contribution is 5.01. The van der Waals surface area contributed by atoms with Crippen molar-refractivity contribution in [1.29, 1.82) is 0 Å². The van der Waals surface area contributed by atoms with Gasteiger partial charge in [-0.2, -0.15) is 0 Å². The zero-order chi connectivity index (χ0) is 10.1. The second kappa shape index (κ2) is 3.92. The lowest BCUT2D eigenvalue weighted by molar-refractivity contribution is -0.0757. The van der Waals surface area contributed by atoms with Crippen molar-refractivity contribution in [2.75, 3.05) is 13.2 Å². The maximum absolute atomic E-state index is 9.42. The van der Waals surface area contributed by atoms with Gasteiger partial charge >= 0.3 is 0 Å². The van der Waals surface area contributed by atoms with E-state index in [0.29, 0.717) is 6.54 Å². The average Bonchev–Trinajstić information content (AvgIpc) is 2.11. The van der Waals surface area contributed by atoms with Gasteiger partial charge in [-0.3, -0.25) is 0 Å². The summed E-state index contributed by atoms with van der Waals surface area (Å²) in [7, 11) is 0. The molecule has 0 aliphatic heterocycles. The highest BCUT2D eigenvalue weighted by Crippen LogP contribution is 2.40. The summed E-state index contributed by atoms with van der Waals surface area (Å²) in [5.41, 5.74) is -0.116. The molecule has 0 saturated heterocycles. The van der Waals surface area contributed by atoms with Crippen LogP contribution in [0.4, 0.5) is 0 Å². The number of hydrogen-bond acceptors (Lipinski definition) is 4. The Morgan fingerprint density at radius 2 is 2.15 bits per heavy atom. The van der Waals surface area contributed by atoms with Gasteiger partial charge in [0.2, 0.25) is 0 Å². The minimum absolute atomic E-state index is 0.116. The van der Waals surface area contributed by atoms with Crippen molar-refractivity contribution in [1.82, 2.24) is 5.32 Å². The van der Waals surface area contributed by atoms with Crippen LogP contribution in [-0.4, -0.2) is 46.7 Å². The van der Waals surface area contributed by atoms with E-state index < -0.39 is 6.10 Å². The number of aliphatic hydroxyl groups excluding tert-OH is 3. The quantitative estimate of drug-likeness (QED) is 0.462. The minimum atomic E-state index is -0.700. The molecule has 0 aromatic heterocycles. The lowest BCUT2D eigenvalue weighted by Crippen LogP contribution is -2.61. The molecule has 0 aromatic rings. The molecule has 0 spiro atoms. The van der Waals surface area contributed by atoms with Gasteiger partial charge in [0, 0.05) is 18.0 Å². The van der Waals surface area contributed by atoms with Crippen LogP contribution in [0.25, 0.3) is 0 Å². The van der Waals surface area contributed by atoms with Crippen molar-refractivity contribution < 1.29 is 15.3 Å². The fraction of sp³-hybridized carbons (Fsp3) is 1.00. The van der Waals surface area contributed by atoms with E-state index in [1.54, 1.807) is 0 Å². The highest BCUT2D eigenvalue weighted by Gasteiger charge is 2.46. The highest BCUT2D eigenvalue weighted by atomic mass is 16.3. The molecule has 3 atom stereocenters. The molecule has 1 rings (SSSR count). The molecular formula is C9H19NO3. The number of nitrogens with one attached hydrogen (secondary N) is 1. The SMILES string of the molecule is CC1(C)C(O)CC1NC[C@H](O)CO. The largest absolute Gasteiger partial charge is 0.394 e. The van der Waals surface area contributed by atoms with E-state index in [1.807, 2.05) is 13.8 Å². The summed E-state index contributed by atoms with van der Waals surface area (Å²) in [4.78, 5) is 0. The summed E-state index contributed by atoms with van der Waals surface area (Å²) in [5.74, 6) is 0. The van der Waals surface area contributed by atoms with Crippen LogP contribution in [0.2, 0.25) is 0 Å². The predicted octanol–water partition coefficient (Wildman–Crippen LogP) is -0.911. The summed E-state index contributed by atoms with van der Waals surface area (Å²) in [6.07, 6.45) is -0.227. The van der Waals surface area contributed by atoms with E-state index in [-0.39, 0.29) is 24.2 Å². The second-order valence-corrected chi connectivity index (χ2v) is 4.37. The zero-order valence-corrected chi connectivity index (χ0v) is 8.20. The van der Waals surface area contributed by atoms with Gasteiger partial charge in [0.15, 0.2) is 0 Å². The van der Waals surface area contributed by atoms with E-state index >= 15 is 0 Å². The Labute approximate surface area is 78.6 Å². The Balaban J connectivity index is 2.25. The van der Waals surface area contributed by atoms with Gasteiger partial charge in [0.1, 0.15) is 0 Å². The van der Waals surface area contributed by atoms with Gasteiger partial charge in [0.05, 0.1) is 18.8 Å². The molecule has 78 valence electrons. The number of aliphatic hydroxyl groups is 3. The van der Waals surface area contributed by atoms with E-state index in [0.717, 1.165) is 6.42 Å². The molecule has 1 fully saturated rings. The summed E-state index contributed by atoms with van der Waals surface area (Å²) in [5, 5.41) is 30.2. The van der Waals surface area contributed by atoms with Crippen LogP contribution in [0, 0.1) is 5.41 Å². The Kier molecular flexibility index (Phi) is 3.29. The van der Waals surface area contributed by atoms with Gasteiger partial charge < -0.3 is 20.6 Å². The van der Waals surface area contributed by atoms with Gasteiger partial charge in [0.25, 0.3) is 0 Å². The van der Waals surface area contributed by atoms with Gasteiger partial charge in [-0.1, -0.05) is 13.8 Å². The molecule has 4 heteroatoms. The topological polar surface area (TPSA) is 72.7 Å². The molecule has 1 aliphatic rings. The smallest absolute Gasteiger partial charge is 0.0895 e. The molecule has 1 aliphatic carbocycles. The van der Waals surface area contributed by atoms with Crippen molar-refractivity contribution in [3.8, 4) is 0 Å². The third kappa shape index (κ3) is 2.20.